The van der Waals surface area contributed by atoms with Crippen LogP contribution in [-0.2, 0) is 20.8 Å². The van der Waals surface area contributed by atoms with Crippen LogP contribution in [0.15, 0.2) is 40.9 Å². The molecule has 0 spiro atoms. The van der Waals surface area contributed by atoms with E-state index in [0.717, 1.165) is 4.88 Å². The van der Waals surface area contributed by atoms with Crippen LogP contribution in [0.3, 0.4) is 0 Å². The molecule has 1 atom stereocenters. The Bertz CT molecular complexity index is 1040. The SMILES string of the molecule is COCCOC(=O)C1=C(C)N(Cc2cccs2)C(=O)NC1c1cc(OC)c2c(c1)OCO2. The van der Waals surface area contributed by atoms with Crippen LogP contribution in [0.25, 0.3) is 0 Å². The highest BCUT2D eigenvalue weighted by molar-refractivity contribution is 7.09. The van der Waals surface area contributed by atoms with E-state index in [0.29, 0.717) is 40.6 Å². The molecule has 0 saturated carbocycles. The summed E-state index contributed by atoms with van der Waals surface area (Å²) in [6.07, 6.45) is 0. The van der Waals surface area contributed by atoms with Crippen LogP contribution in [0.4, 0.5) is 4.79 Å². The molecule has 4 rings (SSSR count). The third-order valence-electron chi connectivity index (χ3n) is 5.24. The molecule has 170 valence electrons. The van der Waals surface area contributed by atoms with E-state index in [4.69, 9.17) is 23.7 Å². The number of methoxy groups -OCH3 is 2. The molecule has 2 aliphatic heterocycles. The van der Waals surface area contributed by atoms with Gasteiger partial charge in [-0.1, -0.05) is 6.07 Å². The van der Waals surface area contributed by atoms with E-state index in [-0.39, 0.29) is 26.0 Å². The van der Waals surface area contributed by atoms with Crippen molar-refractivity contribution in [3.8, 4) is 17.2 Å². The Balaban J connectivity index is 1.74. The minimum Gasteiger partial charge on any atom is -0.493 e. The van der Waals surface area contributed by atoms with Gasteiger partial charge in [0.25, 0.3) is 0 Å². The molecule has 32 heavy (non-hydrogen) atoms. The highest BCUT2D eigenvalue weighted by atomic mass is 32.1. The number of hydrogen-bond acceptors (Lipinski definition) is 8. The summed E-state index contributed by atoms with van der Waals surface area (Å²) in [5.41, 5.74) is 1.47. The molecule has 3 heterocycles. The number of urea groups is 1. The summed E-state index contributed by atoms with van der Waals surface area (Å²) in [5.74, 6) is 0.898. The number of carbonyl (C=O) groups excluding carboxylic acids is 2. The fourth-order valence-electron chi connectivity index (χ4n) is 3.66. The summed E-state index contributed by atoms with van der Waals surface area (Å²) in [4.78, 5) is 28.7. The molecule has 0 fully saturated rings. The first-order valence-corrected chi connectivity index (χ1v) is 10.9. The Labute approximate surface area is 189 Å². The van der Waals surface area contributed by atoms with E-state index in [1.54, 1.807) is 24.0 Å². The van der Waals surface area contributed by atoms with Crippen molar-refractivity contribution in [3.05, 3.63) is 51.4 Å². The number of hydrogen-bond donors (Lipinski definition) is 1. The van der Waals surface area contributed by atoms with E-state index in [9.17, 15) is 9.59 Å². The molecule has 2 aliphatic rings. The monoisotopic (exact) mass is 460 g/mol. The minimum atomic E-state index is -0.750. The van der Waals surface area contributed by atoms with Crippen molar-refractivity contribution in [3.63, 3.8) is 0 Å². The first-order valence-electron chi connectivity index (χ1n) is 9.98. The van der Waals surface area contributed by atoms with Crippen molar-refractivity contribution in [1.82, 2.24) is 10.2 Å². The molecule has 0 saturated heterocycles. The van der Waals surface area contributed by atoms with Crippen LogP contribution in [-0.4, -0.2) is 51.1 Å². The summed E-state index contributed by atoms with van der Waals surface area (Å²) in [5, 5.41) is 4.88. The summed E-state index contributed by atoms with van der Waals surface area (Å²) in [6.45, 7) is 2.54. The van der Waals surface area contributed by atoms with Gasteiger partial charge in [-0.05, 0) is 36.1 Å². The summed E-state index contributed by atoms with van der Waals surface area (Å²) < 4.78 is 26.8. The van der Waals surface area contributed by atoms with E-state index in [2.05, 4.69) is 5.32 Å². The normalized spacial score (nSPS) is 17.4. The second kappa shape index (κ2) is 9.49. The summed E-state index contributed by atoms with van der Waals surface area (Å²) in [7, 11) is 3.05. The van der Waals surface area contributed by atoms with Crippen molar-refractivity contribution < 1.29 is 33.3 Å². The number of allylic oxidation sites excluding steroid dienone is 1. The summed E-state index contributed by atoms with van der Waals surface area (Å²) in [6, 6.07) is 6.26. The fourth-order valence-corrected chi connectivity index (χ4v) is 4.35. The zero-order valence-corrected chi connectivity index (χ0v) is 18.8. The molecule has 2 aromatic rings. The maximum Gasteiger partial charge on any atom is 0.338 e. The van der Waals surface area contributed by atoms with Crippen LogP contribution in [0.2, 0.25) is 0 Å². The predicted molar refractivity (Wildman–Crippen MR) is 116 cm³/mol. The van der Waals surface area contributed by atoms with Crippen molar-refractivity contribution in [2.75, 3.05) is 34.2 Å². The Morgan fingerprint density at radius 2 is 2.12 bits per heavy atom. The number of ether oxygens (including phenoxy) is 5. The molecule has 1 unspecified atom stereocenters. The minimum absolute atomic E-state index is 0.0710. The first kappa shape index (κ1) is 22.0. The van der Waals surface area contributed by atoms with E-state index >= 15 is 0 Å². The number of thiophene rings is 1. The van der Waals surface area contributed by atoms with Gasteiger partial charge in [0.05, 0.1) is 31.9 Å². The zero-order valence-electron chi connectivity index (χ0n) is 18.0. The van der Waals surface area contributed by atoms with Crippen LogP contribution in [0.1, 0.15) is 23.4 Å². The standard InChI is InChI=1S/C22H24N2O7S/c1-13-18(21(25)29-7-6-27-2)19(23-22(26)24(13)11-15-5-4-8-32-15)14-9-16(28-3)20-17(10-14)30-12-31-20/h4-5,8-10,19H,6-7,11-12H2,1-3H3,(H,23,26). The van der Waals surface area contributed by atoms with Gasteiger partial charge >= 0.3 is 12.0 Å². The van der Waals surface area contributed by atoms with Gasteiger partial charge in [0, 0.05) is 17.7 Å². The Hall–Kier alpha value is -3.24. The molecular weight excluding hydrogens is 436 g/mol. The lowest BCUT2D eigenvalue weighted by Gasteiger charge is -2.35. The Kier molecular flexibility index (Phi) is 6.52. The van der Waals surface area contributed by atoms with Crippen LogP contribution in [0, 0.1) is 0 Å². The van der Waals surface area contributed by atoms with E-state index < -0.39 is 12.0 Å². The predicted octanol–water partition coefficient (Wildman–Crippen LogP) is 3.22. The highest BCUT2D eigenvalue weighted by Gasteiger charge is 2.38. The van der Waals surface area contributed by atoms with Gasteiger partial charge in [-0.2, -0.15) is 0 Å². The quantitative estimate of drug-likeness (QED) is 0.477. The topological polar surface area (TPSA) is 95.6 Å². The Morgan fingerprint density at radius 3 is 2.84 bits per heavy atom. The zero-order chi connectivity index (χ0) is 22.7. The van der Waals surface area contributed by atoms with Crippen LogP contribution >= 0.6 is 11.3 Å². The third kappa shape index (κ3) is 4.23. The maximum absolute atomic E-state index is 13.1. The molecular formula is C22H24N2O7S. The molecule has 0 bridgehead atoms. The number of nitrogens with one attached hydrogen (secondary N) is 1. The molecule has 10 heteroatoms. The number of carbonyl (C=O) groups is 2. The lowest BCUT2D eigenvalue weighted by Crippen LogP contribution is -2.47. The molecule has 0 aliphatic carbocycles. The smallest absolute Gasteiger partial charge is 0.338 e. The number of amides is 2. The second-order valence-corrected chi connectivity index (χ2v) is 8.17. The van der Waals surface area contributed by atoms with Crippen molar-refractivity contribution >= 4 is 23.3 Å². The van der Waals surface area contributed by atoms with Gasteiger partial charge in [0.2, 0.25) is 12.5 Å². The maximum atomic E-state index is 13.1. The number of nitrogens with zero attached hydrogens (tertiary/aromatic N) is 1. The summed E-state index contributed by atoms with van der Waals surface area (Å²) >= 11 is 1.54. The van der Waals surface area contributed by atoms with Gasteiger partial charge < -0.3 is 29.0 Å². The van der Waals surface area contributed by atoms with Crippen molar-refractivity contribution in [2.45, 2.75) is 19.5 Å². The molecule has 9 nitrogen and oxygen atoms in total. The molecule has 1 aromatic carbocycles. The Morgan fingerprint density at radius 1 is 1.28 bits per heavy atom. The van der Waals surface area contributed by atoms with Gasteiger partial charge in [-0.3, -0.25) is 4.90 Å². The van der Waals surface area contributed by atoms with Crippen molar-refractivity contribution in [2.24, 2.45) is 0 Å². The number of benzene rings is 1. The van der Waals surface area contributed by atoms with Crippen LogP contribution in [0.5, 0.6) is 17.2 Å². The van der Waals surface area contributed by atoms with Gasteiger partial charge in [-0.15, -0.1) is 11.3 Å². The molecule has 1 N–H and O–H groups in total. The van der Waals surface area contributed by atoms with Crippen LogP contribution < -0.4 is 19.5 Å². The van der Waals surface area contributed by atoms with E-state index in [1.165, 1.54) is 25.6 Å². The third-order valence-corrected chi connectivity index (χ3v) is 6.11. The van der Waals surface area contributed by atoms with Gasteiger partial charge in [-0.25, -0.2) is 9.59 Å². The van der Waals surface area contributed by atoms with Gasteiger partial charge in [0.15, 0.2) is 11.5 Å². The van der Waals surface area contributed by atoms with Crippen molar-refractivity contribution in [1.29, 1.82) is 0 Å². The average molecular weight is 461 g/mol. The fraction of sp³-hybridized carbons (Fsp3) is 0.364. The van der Waals surface area contributed by atoms with E-state index in [1.807, 2.05) is 17.5 Å². The molecule has 2 amide bonds. The second-order valence-electron chi connectivity index (χ2n) is 7.13. The molecule has 1 aromatic heterocycles. The number of rotatable bonds is 8. The average Bonchev–Trinajstić information content (AvgIpc) is 3.47. The number of esters is 1. The highest BCUT2D eigenvalue weighted by Crippen LogP contribution is 2.45. The largest absolute Gasteiger partial charge is 0.493 e. The lowest BCUT2D eigenvalue weighted by molar-refractivity contribution is -0.140. The molecule has 0 radical (unpaired) electrons. The number of fused-ring (bicyclic) bond motifs is 1. The first-order chi connectivity index (χ1) is 15.5. The lowest BCUT2D eigenvalue weighted by atomic mass is 9.94. The van der Waals surface area contributed by atoms with Gasteiger partial charge in [0.1, 0.15) is 6.61 Å².